The first-order chi connectivity index (χ1) is 7.52. The number of nitrogens with one attached hydrogen (secondary N) is 1. The van der Waals surface area contributed by atoms with Crippen molar-refractivity contribution in [2.45, 2.75) is 20.8 Å². The molecule has 0 radical (unpaired) electrons. The van der Waals surface area contributed by atoms with E-state index in [0.717, 1.165) is 5.57 Å². The van der Waals surface area contributed by atoms with Gasteiger partial charge in [-0.15, -0.1) is 0 Å². The molecule has 0 rings (SSSR count). The van der Waals surface area contributed by atoms with Gasteiger partial charge in [0.1, 0.15) is 0 Å². The fraction of sp³-hybridized carbons (Fsp3) is 0.500. The third-order valence-corrected chi connectivity index (χ3v) is 2.67. The van der Waals surface area contributed by atoms with E-state index in [9.17, 15) is 0 Å². The van der Waals surface area contributed by atoms with Crippen molar-refractivity contribution in [3.05, 3.63) is 22.5 Å². The lowest BCUT2D eigenvalue weighted by atomic mass is 10.1. The van der Waals surface area contributed by atoms with Crippen molar-refractivity contribution in [3.63, 3.8) is 0 Å². The van der Waals surface area contributed by atoms with Crippen LogP contribution in [-0.2, 0) is 0 Å². The molecule has 1 unspecified atom stereocenters. The molecule has 2 nitrogen and oxygen atoms in total. The van der Waals surface area contributed by atoms with Gasteiger partial charge in [0, 0.05) is 24.4 Å². The van der Waals surface area contributed by atoms with Crippen molar-refractivity contribution in [2.24, 2.45) is 16.8 Å². The summed E-state index contributed by atoms with van der Waals surface area (Å²) < 4.78 is 0. The number of nitrogens with zero attached hydrogens (tertiary/aromatic N) is 1. The van der Waals surface area contributed by atoms with Gasteiger partial charge in [-0.05, 0) is 28.4 Å². The van der Waals surface area contributed by atoms with Crippen LogP contribution in [0.1, 0.15) is 20.8 Å². The molecule has 0 saturated carbocycles. The number of thiol groups is 2. The van der Waals surface area contributed by atoms with E-state index in [4.69, 9.17) is 5.41 Å². The molecule has 0 aromatic carbocycles. The first-order valence-electron chi connectivity index (χ1n) is 5.26. The van der Waals surface area contributed by atoms with Crippen LogP contribution in [0.25, 0.3) is 0 Å². The highest BCUT2D eigenvalue weighted by atomic mass is 32.1. The molecule has 0 heterocycles. The van der Waals surface area contributed by atoms with Gasteiger partial charge in [0.2, 0.25) is 0 Å². The van der Waals surface area contributed by atoms with Gasteiger partial charge in [-0.1, -0.05) is 20.8 Å². The first kappa shape index (κ1) is 15.5. The highest BCUT2D eigenvalue weighted by molar-refractivity contribution is 7.83. The van der Waals surface area contributed by atoms with Crippen molar-refractivity contribution in [1.29, 1.82) is 5.41 Å². The Morgan fingerprint density at radius 3 is 2.38 bits per heavy atom. The highest BCUT2D eigenvalue weighted by Crippen LogP contribution is 2.08. The maximum absolute atomic E-state index is 7.67. The lowest BCUT2D eigenvalue weighted by Gasteiger charge is -2.07. The maximum Gasteiger partial charge on any atom is 0.0470 e. The van der Waals surface area contributed by atoms with Gasteiger partial charge >= 0.3 is 0 Å². The van der Waals surface area contributed by atoms with E-state index < -0.39 is 0 Å². The molecule has 1 N–H and O–H groups in total. The molecule has 0 fully saturated rings. The van der Waals surface area contributed by atoms with Crippen molar-refractivity contribution in [1.82, 2.24) is 0 Å². The zero-order chi connectivity index (χ0) is 12.6. The van der Waals surface area contributed by atoms with Crippen LogP contribution in [0, 0.1) is 17.2 Å². The summed E-state index contributed by atoms with van der Waals surface area (Å²) in [6.07, 6.45) is 3.52. The van der Waals surface area contributed by atoms with Crippen LogP contribution in [0.3, 0.4) is 0 Å². The largest absolute Gasteiger partial charge is 0.305 e. The van der Waals surface area contributed by atoms with Crippen molar-refractivity contribution in [2.75, 3.05) is 6.54 Å². The van der Waals surface area contributed by atoms with E-state index in [1.165, 1.54) is 0 Å². The molecule has 0 saturated heterocycles. The topological polar surface area (TPSA) is 36.2 Å². The molecule has 1 atom stereocenters. The van der Waals surface area contributed by atoms with E-state index in [1.807, 2.05) is 13.1 Å². The average molecular weight is 256 g/mol. The third-order valence-electron chi connectivity index (χ3n) is 2.22. The van der Waals surface area contributed by atoms with Crippen LogP contribution in [0.15, 0.2) is 27.5 Å². The van der Waals surface area contributed by atoms with Crippen LogP contribution >= 0.6 is 25.3 Å². The molecule has 0 aliphatic rings. The van der Waals surface area contributed by atoms with Crippen molar-refractivity contribution >= 4 is 37.2 Å². The molecule has 0 bridgehead atoms. The minimum Gasteiger partial charge on any atom is -0.305 e. The molecule has 0 amide bonds. The van der Waals surface area contributed by atoms with Crippen molar-refractivity contribution in [3.8, 4) is 0 Å². The van der Waals surface area contributed by atoms with Gasteiger partial charge < -0.3 is 5.41 Å². The van der Waals surface area contributed by atoms with Gasteiger partial charge in [0.25, 0.3) is 0 Å². The van der Waals surface area contributed by atoms with Gasteiger partial charge in [-0.2, -0.15) is 25.3 Å². The van der Waals surface area contributed by atoms with Gasteiger partial charge in [-0.25, -0.2) is 0 Å². The van der Waals surface area contributed by atoms with Crippen molar-refractivity contribution < 1.29 is 0 Å². The summed E-state index contributed by atoms with van der Waals surface area (Å²) in [6, 6.07) is 0. The minimum absolute atomic E-state index is 0.118. The molecular formula is C12H20N2S2. The third kappa shape index (κ3) is 6.18. The second kappa shape index (κ2) is 8.65. The zero-order valence-corrected chi connectivity index (χ0v) is 11.8. The molecule has 16 heavy (non-hydrogen) atoms. The summed E-state index contributed by atoms with van der Waals surface area (Å²) in [7, 11) is 0. The van der Waals surface area contributed by atoms with E-state index in [1.54, 1.807) is 16.9 Å². The van der Waals surface area contributed by atoms with E-state index >= 15 is 0 Å². The Hall–Kier alpha value is -0.480. The van der Waals surface area contributed by atoms with Gasteiger partial charge in [0.15, 0.2) is 0 Å². The summed E-state index contributed by atoms with van der Waals surface area (Å²) in [4.78, 5) is 4.33. The Morgan fingerprint density at radius 1 is 1.31 bits per heavy atom. The predicted octanol–water partition coefficient (Wildman–Crippen LogP) is 3.63. The summed E-state index contributed by atoms with van der Waals surface area (Å²) in [5.41, 5.74) is 1.65. The fourth-order valence-corrected chi connectivity index (χ4v) is 1.52. The second-order valence-corrected chi connectivity index (χ2v) is 4.51. The smallest absolute Gasteiger partial charge is 0.0470 e. The summed E-state index contributed by atoms with van der Waals surface area (Å²) in [5.74, 6) is 0.543. The fourth-order valence-electron chi connectivity index (χ4n) is 0.991. The Balaban J connectivity index is 4.24. The highest BCUT2D eigenvalue weighted by Gasteiger charge is 2.04. The summed E-state index contributed by atoms with van der Waals surface area (Å²) in [5, 5.41) is 11.0. The SMILES string of the molecule is CC(C/N=C/C(=C\S)C(C)C)C(=N)/C=C\S. The maximum atomic E-state index is 7.67. The lowest BCUT2D eigenvalue weighted by Crippen LogP contribution is -2.10. The Kier molecular flexibility index (Phi) is 8.39. The quantitative estimate of drug-likeness (QED) is 0.479. The molecule has 0 aliphatic heterocycles. The average Bonchev–Trinajstić information content (AvgIpc) is 2.23. The Labute approximate surface area is 109 Å². The van der Waals surface area contributed by atoms with Crippen LogP contribution in [0.5, 0.6) is 0 Å². The number of rotatable bonds is 6. The lowest BCUT2D eigenvalue weighted by molar-refractivity contribution is 0.776. The predicted molar refractivity (Wildman–Crippen MR) is 80.3 cm³/mol. The van der Waals surface area contributed by atoms with Crippen LogP contribution in [0.4, 0.5) is 0 Å². The number of hydrogen-bond acceptors (Lipinski definition) is 4. The Morgan fingerprint density at radius 2 is 1.94 bits per heavy atom. The molecule has 0 aliphatic carbocycles. The van der Waals surface area contributed by atoms with E-state index in [2.05, 4.69) is 44.1 Å². The monoisotopic (exact) mass is 256 g/mol. The van der Waals surface area contributed by atoms with Crippen LogP contribution in [-0.4, -0.2) is 18.5 Å². The number of hydrogen-bond donors (Lipinski definition) is 3. The van der Waals surface area contributed by atoms with Gasteiger partial charge in [-0.3, -0.25) is 4.99 Å². The zero-order valence-electron chi connectivity index (χ0n) is 10.0. The molecule has 90 valence electrons. The van der Waals surface area contributed by atoms with E-state index in [0.29, 0.717) is 18.2 Å². The van der Waals surface area contributed by atoms with E-state index in [-0.39, 0.29) is 5.92 Å². The molecule has 4 heteroatoms. The normalized spacial score (nSPS) is 15.2. The molecule has 0 aromatic rings. The second-order valence-electron chi connectivity index (χ2n) is 3.95. The Bertz CT molecular complexity index is 304. The standard InChI is InChI=1S/C12H20N2S2/c1-9(2)11(8-16)7-14-6-10(3)12(13)4-5-15/h4-5,7-10,13,15-16H,6H2,1-3H3/b5-4-,11-8+,13-12?,14-7+. The number of aliphatic imine (C=N–C) groups is 1. The van der Waals surface area contributed by atoms with Gasteiger partial charge in [0.05, 0.1) is 0 Å². The molecule has 0 aromatic heterocycles. The summed E-state index contributed by atoms with van der Waals surface area (Å²) in [6.45, 7) is 6.80. The summed E-state index contributed by atoms with van der Waals surface area (Å²) >= 11 is 8.08. The number of allylic oxidation sites excluding steroid dienone is 2. The van der Waals surface area contributed by atoms with Crippen LogP contribution < -0.4 is 0 Å². The first-order valence-corrected chi connectivity index (χ1v) is 6.29. The minimum atomic E-state index is 0.118. The van der Waals surface area contributed by atoms with Crippen LogP contribution in [0.2, 0.25) is 0 Å². The molecule has 0 spiro atoms. The molecular weight excluding hydrogens is 236 g/mol.